The number of rotatable bonds is 5. The Morgan fingerprint density at radius 2 is 1.74 bits per heavy atom. The number of likely N-dealkylation sites (N-methyl/N-ethyl adjacent to an activating group) is 1. The molecule has 0 bridgehead atoms. The minimum atomic E-state index is -0.159. The highest BCUT2D eigenvalue weighted by atomic mass is 16.2. The van der Waals surface area contributed by atoms with Crippen LogP contribution in [0.1, 0.15) is 36.7 Å². The fraction of sp³-hybridized carbons (Fsp3) is 0.467. The number of carbonyl (C=O) groups excluding carboxylic acids is 2. The van der Waals surface area contributed by atoms with Gasteiger partial charge in [-0.1, -0.05) is 38.1 Å². The maximum atomic E-state index is 11.0. The van der Waals surface area contributed by atoms with Gasteiger partial charge in [0.15, 0.2) is 5.78 Å². The largest absolute Gasteiger partial charge is 0.400 e. The van der Waals surface area contributed by atoms with E-state index in [4.69, 9.17) is 5.11 Å². The topological polar surface area (TPSA) is 66.4 Å². The van der Waals surface area contributed by atoms with Crippen molar-refractivity contribution < 1.29 is 14.7 Å². The van der Waals surface area contributed by atoms with Gasteiger partial charge >= 0.3 is 0 Å². The molecule has 0 aromatic heterocycles. The molecule has 1 aromatic rings. The summed E-state index contributed by atoms with van der Waals surface area (Å²) in [6.07, 6.45) is 1.54. The summed E-state index contributed by atoms with van der Waals surface area (Å²) in [6, 6.07) is 7.17. The molecule has 0 saturated carbocycles. The third kappa shape index (κ3) is 8.24. The normalized spacial score (nSPS) is 10.2. The number of Topliss-reactive ketones (excluding diaryl/α,β-unsaturated/α-hetero) is 1. The van der Waals surface area contributed by atoms with Gasteiger partial charge in [-0.3, -0.25) is 4.79 Å². The van der Waals surface area contributed by atoms with Crippen LogP contribution >= 0.6 is 0 Å². The molecule has 0 aliphatic carbocycles. The van der Waals surface area contributed by atoms with E-state index in [1.165, 1.54) is 6.92 Å². The molecule has 1 rings (SSSR count). The van der Waals surface area contributed by atoms with Crippen molar-refractivity contribution in [3.8, 4) is 0 Å². The Morgan fingerprint density at radius 1 is 1.26 bits per heavy atom. The summed E-state index contributed by atoms with van der Waals surface area (Å²) in [5.74, 6) is 0.0575. The number of nitrogens with one attached hydrogen (secondary N) is 1. The molecule has 1 unspecified atom stereocenters. The van der Waals surface area contributed by atoms with Crippen LogP contribution in [0.15, 0.2) is 24.3 Å². The van der Waals surface area contributed by atoms with E-state index >= 15 is 0 Å². The Hall–Kier alpha value is -1.52. The van der Waals surface area contributed by atoms with E-state index in [9.17, 15) is 9.59 Å². The third-order valence-corrected chi connectivity index (χ3v) is 2.35. The van der Waals surface area contributed by atoms with Crippen LogP contribution in [0.3, 0.4) is 0 Å². The first-order valence-corrected chi connectivity index (χ1v) is 6.34. The molecule has 4 nitrogen and oxygen atoms in total. The summed E-state index contributed by atoms with van der Waals surface area (Å²) in [7, 11) is 2.75. The molecular weight excluding hydrogens is 242 g/mol. The lowest BCUT2D eigenvalue weighted by molar-refractivity contribution is -0.109. The number of hydrogen-bond donors (Lipinski definition) is 2. The van der Waals surface area contributed by atoms with Gasteiger partial charge < -0.3 is 15.2 Å². The second-order valence-electron chi connectivity index (χ2n) is 3.49. The third-order valence-electron chi connectivity index (χ3n) is 2.35. The van der Waals surface area contributed by atoms with Crippen molar-refractivity contribution in [3.63, 3.8) is 0 Å². The van der Waals surface area contributed by atoms with Gasteiger partial charge in [0.05, 0.1) is 6.04 Å². The number of benzene rings is 1. The molecule has 2 N–H and O–H groups in total. The van der Waals surface area contributed by atoms with Crippen LogP contribution in [0.5, 0.6) is 0 Å². The molecule has 19 heavy (non-hydrogen) atoms. The maximum Gasteiger partial charge on any atom is 0.159 e. The molecule has 0 aliphatic rings. The summed E-state index contributed by atoms with van der Waals surface area (Å²) in [4.78, 5) is 21.6. The van der Waals surface area contributed by atoms with Crippen molar-refractivity contribution in [1.82, 2.24) is 5.32 Å². The van der Waals surface area contributed by atoms with Gasteiger partial charge in [-0.05, 0) is 26.0 Å². The molecule has 0 amide bonds. The minimum Gasteiger partial charge on any atom is -0.400 e. The Balaban J connectivity index is 0. The van der Waals surface area contributed by atoms with Gasteiger partial charge in [-0.15, -0.1) is 0 Å². The predicted molar refractivity (Wildman–Crippen MR) is 78.6 cm³/mol. The Morgan fingerprint density at radius 3 is 2.05 bits per heavy atom. The zero-order valence-corrected chi connectivity index (χ0v) is 12.4. The number of aliphatic hydroxyl groups is 1. The Labute approximate surface area is 115 Å². The number of carbonyl (C=O) groups is 2. The van der Waals surface area contributed by atoms with E-state index in [0.717, 1.165) is 19.0 Å². The fourth-order valence-corrected chi connectivity index (χ4v) is 1.35. The molecule has 0 fully saturated rings. The number of ketones is 1. The average molecular weight is 267 g/mol. The average Bonchev–Trinajstić information content (AvgIpc) is 2.49. The van der Waals surface area contributed by atoms with Crippen LogP contribution in [-0.4, -0.2) is 37.4 Å². The van der Waals surface area contributed by atoms with Gasteiger partial charge in [-0.25, -0.2) is 0 Å². The quantitative estimate of drug-likeness (QED) is 0.631. The van der Waals surface area contributed by atoms with Crippen molar-refractivity contribution >= 4 is 12.1 Å². The summed E-state index contributed by atoms with van der Waals surface area (Å²) in [5, 5.41) is 9.90. The van der Waals surface area contributed by atoms with E-state index in [0.29, 0.717) is 12.0 Å². The van der Waals surface area contributed by atoms with Gasteiger partial charge in [0, 0.05) is 12.7 Å². The van der Waals surface area contributed by atoms with Gasteiger partial charge in [0.2, 0.25) is 0 Å². The molecule has 108 valence electrons. The predicted octanol–water partition coefficient (Wildman–Crippen LogP) is 1.85. The van der Waals surface area contributed by atoms with Gasteiger partial charge in [0.25, 0.3) is 0 Å². The van der Waals surface area contributed by atoms with Crippen molar-refractivity contribution in [3.05, 3.63) is 35.4 Å². The number of aliphatic hydroxyl groups excluding tert-OH is 1. The molecule has 0 spiro atoms. The molecule has 1 atom stereocenters. The first kappa shape index (κ1) is 19.8. The highest BCUT2D eigenvalue weighted by Gasteiger charge is 2.05. The zero-order chi connectivity index (χ0) is 15.3. The summed E-state index contributed by atoms with van der Waals surface area (Å²) in [5.41, 5.74) is 1.75. The van der Waals surface area contributed by atoms with Crippen LogP contribution in [0.4, 0.5) is 0 Å². The van der Waals surface area contributed by atoms with Crippen molar-refractivity contribution in [1.29, 1.82) is 0 Å². The van der Waals surface area contributed by atoms with Crippen molar-refractivity contribution in [2.24, 2.45) is 0 Å². The first-order chi connectivity index (χ1) is 9.17. The fourth-order valence-electron chi connectivity index (χ4n) is 1.35. The SMILES string of the molecule is CC.CNC(C=O)Cc1ccc(C(C)=O)cc1.CO. The second kappa shape index (κ2) is 12.9. The molecule has 0 radical (unpaired) electrons. The lowest BCUT2D eigenvalue weighted by Gasteiger charge is -2.08. The van der Waals surface area contributed by atoms with Crippen LogP contribution < -0.4 is 5.32 Å². The summed E-state index contributed by atoms with van der Waals surface area (Å²) >= 11 is 0. The van der Waals surface area contributed by atoms with Crippen LogP contribution in [0, 0.1) is 0 Å². The lowest BCUT2D eigenvalue weighted by atomic mass is 10.0. The smallest absolute Gasteiger partial charge is 0.159 e. The lowest BCUT2D eigenvalue weighted by Crippen LogP contribution is -2.28. The van der Waals surface area contributed by atoms with Gasteiger partial charge in [-0.2, -0.15) is 0 Å². The van der Waals surface area contributed by atoms with Crippen LogP contribution in [-0.2, 0) is 11.2 Å². The molecule has 1 aromatic carbocycles. The summed E-state index contributed by atoms with van der Waals surface area (Å²) in [6.45, 7) is 5.54. The highest BCUT2D eigenvalue weighted by molar-refractivity contribution is 5.94. The van der Waals surface area contributed by atoms with E-state index in [1.54, 1.807) is 19.2 Å². The number of hydrogen-bond acceptors (Lipinski definition) is 4. The Kier molecular flexibility index (Phi) is 13.5. The van der Waals surface area contributed by atoms with E-state index < -0.39 is 0 Å². The summed E-state index contributed by atoms with van der Waals surface area (Å²) < 4.78 is 0. The van der Waals surface area contributed by atoms with E-state index in [1.807, 2.05) is 26.0 Å². The van der Waals surface area contributed by atoms with E-state index in [2.05, 4.69) is 5.32 Å². The van der Waals surface area contributed by atoms with Crippen molar-refractivity contribution in [2.75, 3.05) is 14.2 Å². The van der Waals surface area contributed by atoms with E-state index in [-0.39, 0.29) is 11.8 Å². The van der Waals surface area contributed by atoms with Gasteiger partial charge in [0.1, 0.15) is 6.29 Å². The standard InChI is InChI=1S/C12H15NO2.C2H6.CH4O/c1-9(15)11-5-3-10(4-6-11)7-12(8-14)13-2;2*1-2/h3-6,8,12-13H,7H2,1-2H3;1-2H3;2H,1H3. The molecule has 4 heteroatoms. The van der Waals surface area contributed by atoms with Crippen molar-refractivity contribution in [2.45, 2.75) is 33.2 Å². The maximum absolute atomic E-state index is 11.0. The second-order valence-corrected chi connectivity index (χ2v) is 3.49. The zero-order valence-electron chi connectivity index (χ0n) is 12.4. The molecular formula is C15H25NO3. The Bertz CT molecular complexity index is 347. The highest BCUT2D eigenvalue weighted by Crippen LogP contribution is 2.07. The van der Waals surface area contributed by atoms with Crippen LogP contribution in [0.25, 0.3) is 0 Å². The van der Waals surface area contributed by atoms with Crippen LogP contribution in [0.2, 0.25) is 0 Å². The first-order valence-electron chi connectivity index (χ1n) is 6.34. The molecule has 0 aliphatic heterocycles. The monoisotopic (exact) mass is 267 g/mol. The minimum absolute atomic E-state index is 0.0575. The molecule has 0 heterocycles. The number of aldehydes is 1. The molecule has 0 saturated heterocycles.